The second-order valence-corrected chi connectivity index (χ2v) is 6.38. The summed E-state index contributed by atoms with van der Waals surface area (Å²) in [4.78, 5) is 12.3. The van der Waals surface area contributed by atoms with Crippen LogP contribution in [0.15, 0.2) is 48.7 Å². The molecule has 8 heteroatoms. The number of aromatic nitrogens is 2. The number of rotatable bonds is 4. The van der Waals surface area contributed by atoms with Crippen LogP contribution in [0, 0.1) is 5.82 Å². The molecule has 3 aromatic rings. The van der Waals surface area contributed by atoms with Gasteiger partial charge in [0.05, 0.1) is 22.2 Å². The number of carbonyl (C=O) groups excluding carboxylic acids is 1. The average Bonchev–Trinajstić information content (AvgIpc) is 2.99. The summed E-state index contributed by atoms with van der Waals surface area (Å²) in [6, 6.07) is 10.6. The summed E-state index contributed by atoms with van der Waals surface area (Å²) in [6.45, 7) is 0.340. The van der Waals surface area contributed by atoms with Gasteiger partial charge in [0.1, 0.15) is 5.82 Å². The normalized spacial score (nSPS) is 10.7. The fourth-order valence-corrected chi connectivity index (χ4v) is 2.82. The average molecular weight is 399 g/mol. The summed E-state index contributed by atoms with van der Waals surface area (Å²) in [5.74, 6) is -0.475. The highest BCUT2D eigenvalue weighted by molar-refractivity contribution is 6.44. The molecule has 3 rings (SSSR count). The van der Waals surface area contributed by atoms with E-state index in [0.29, 0.717) is 28.0 Å². The van der Waals surface area contributed by atoms with Crippen molar-refractivity contribution in [2.75, 3.05) is 5.32 Å². The lowest BCUT2D eigenvalue weighted by Crippen LogP contribution is -2.13. The number of halogens is 4. The fraction of sp³-hybridized carbons (Fsp3) is 0.0588. The van der Waals surface area contributed by atoms with Gasteiger partial charge < -0.3 is 5.32 Å². The number of hydrogen-bond acceptors (Lipinski definition) is 2. The molecule has 0 radical (unpaired) electrons. The summed E-state index contributed by atoms with van der Waals surface area (Å²) in [6.07, 6.45) is 1.68. The summed E-state index contributed by atoms with van der Waals surface area (Å²) < 4.78 is 14.7. The van der Waals surface area contributed by atoms with Crippen LogP contribution in [-0.2, 0) is 6.54 Å². The van der Waals surface area contributed by atoms with E-state index in [-0.39, 0.29) is 10.6 Å². The van der Waals surface area contributed by atoms with E-state index in [9.17, 15) is 9.18 Å². The largest absolute Gasteiger partial charge is 0.305 e. The zero-order chi connectivity index (χ0) is 18.0. The molecule has 0 bridgehead atoms. The van der Waals surface area contributed by atoms with Crippen molar-refractivity contribution in [1.82, 2.24) is 9.78 Å². The first kappa shape index (κ1) is 17.7. The molecule has 1 heterocycles. The van der Waals surface area contributed by atoms with E-state index in [1.807, 2.05) is 0 Å². The molecule has 0 atom stereocenters. The van der Waals surface area contributed by atoms with Crippen LogP contribution < -0.4 is 5.32 Å². The van der Waals surface area contributed by atoms with Crippen LogP contribution >= 0.6 is 34.8 Å². The van der Waals surface area contributed by atoms with E-state index >= 15 is 0 Å². The third-order valence-electron chi connectivity index (χ3n) is 3.43. The van der Waals surface area contributed by atoms with Crippen molar-refractivity contribution in [2.24, 2.45) is 0 Å². The third-order valence-corrected chi connectivity index (χ3v) is 4.60. The van der Waals surface area contributed by atoms with Crippen LogP contribution in [0.3, 0.4) is 0 Å². The number of nitrogens with one attached hydrogen (secondary N) is 1. The predicted octanol–water partition coefficient (Wildman–Crippen LogP) is 5.28. The molecule has 0 aliphatic rings. The highest BCUT2D eigenvalue weighted by Crippen LogP contribution is 2.26. The molecule has 0 saturated heterocycles. The summed E-state index contributed by atoms with van der Waals surface area (Å²) in [5, 5.41) is 7.68. The monoisotopic (exact) mass is 397 g/mol. The van der Waals surface area contributed by atoms with Crippen LogP contribution in [0.5, 0.6) is 0 Å². The quantitative estimate of drug-likeness (QED) is 0.649. The Morgan fingerprint density at radius 2 is 1.92 bits per heavy atom. The number of amides is 1. The van der Waals surface area contributed by atoms with E-state index in [4.69, 9.17) is 34.8 Å². The lowest BCUT2D eigenvalue weighted by molar-refractivity contribution is 0.102. The van der Waals surface area contributed by atoms with Gasteiger partial charge in [-0.1, -0.05) is 46.9 Å². The van der Waals surface area contributed by atoms with Crippen LogP contribution in [0.1, 0.15) is 15.9 Å². The van der Waals surface area contributed by atoms with Crippen LogP contribution in [0.2, 0.25) is 15.1 Å². The Bertz CT molecular complexity index is 943. The van der Waals surface area contributed by atoms with Gasteiger partial charge in [-0.2, -0.15) is 5.10 Å². The third kappa shape index (κ3) is 4.12. The van der Waals surface area contributed by atoms with Crippen LogP contribution in [0.25, 0.3) is 0 Å². The number of carbonyl (C=O) groups is 1. The molecule has 0 fully saturated rings. The Hall–Kier alpha value is -2.08. The molecule has 0 saturated carbocycles. The smallest absolute Gasteiger partial charge is 0.258 e. The minimum Gasteiger partial charge on any atom is -0.305 e. The highest BCUT2D eigenvalue weighted by atomic mass is 35.5. The molecule has 1 N–H and O–H groups in total. The van der Waals surface area contributed by atoms with Crippen molar-refractivity contribution in [2.45, 2.75) is 6.54 Å². The molecule has 0 unspecified atom stereocenters. The lowest BCUT2D eigenvalue weighted by Gasteiger charge is -2.06. The second kappa shape index (κ2) is 7.44. The zero-order valence-corrected chi connectivity index (χ0v) is 14.9. The predicted molar refractivity (Wildman–Crippen MR) is 97.2 cm³/mol. The topological polar surface area (TPSA) is 46.9 Å². The first-order valence-electron chi connectivity index (χ1n) is 7.17. The number of nitrogens with zero attached hydrogens (tertiary/aromatic N) is 2. The van der Waals surface area contributed by atoms with Crippen molar-refractivity contribution < 1.29 is 9.18 Å². The van der Waals surface area contributed by atoms with Gasteiger partial charge in [0.25, 0.3) is 5.91 Å². The van der Waals surface area contributed by atoms with E-state index in [1.54, 1.807) is 41.2 Å². The standard InChI is InChI=1S/C17H11Cl3FN3O/c18-13-3-1-2-12(16(13)20)17(25)22-15-6-7-24(23-15)9-10-4-5-11(21)8-14(10)19/h1-8H,9H2,(H,22,23,25). The van der Waals surface area contributed by atoms with E-state index < -0.39 is 11.7 Å². The van der Waals surface area contributed by atoms with Gasteiger partial charge in [-0.3, -0.25) is 9.48 Å². The Kier molecular flexibility index (Phi) is 5.27. The van der Waals surface area contributed by atoms with E-state index in [2.05, 4.69) is 10.4 Å². The Labute approximate surface area is 158 Å². The molecular weight excluding hydrogens is 388 g/mol. The number of benzene rings is 2. The number of anilines is 1. The summed E-state index contributed by atoms with van der Waals surface area (Å²) >= 11 is 17.9. The molecule has 25 heavy (non-hydrogen) atoms. The minimum absolute atomic E-state index is 0.180. The highest BCUT2D eigenvalue weighted by Gasteiger charge is 2.14. The second-order valence-electron chi connectivity index (χ2n) is 5.19. The van der Waals surface area contributed by atoms with Gasteiger partial charge >= 0.3 is 0 Å². The Balaban J connectivity index is 1.73. The maximum Gasteiger partial charge on any atom is 0.258 e. The number of hydrogen-bond donors (Lipinski definition) is 1. The van der Waals surface area contributed by atoms with Crippen molar-refractivity contribution in [3.8, 4) is 0 Å². The summed E-state index contributed by atoms with van der Waals surface area (Å²) in [7, 11) is 0. The SMILES string of the molecule is O=C(Nc1ccn(Cc2ccc(F)cc2Cl)n1)c1cccc(Cl)c1Cl. The Morgan fingerprint density at radius 3 is 2.68 bits per heavy atom. The fourth-order valence-electron chi connectivity index (χ4n) is 2.20. The van der Waals surface area contributed by atoms with Gasteiger partial charge in [-0.05, 0) is 29.8 Å². The first-order chi connectivity index (χ1) is 11.9. The molecule has 128 valence electrons. The van der Waals surface area contributed by atoms with E-state index in [1.165, 1.54) is 12.1 Å². The molecule has 0 spiro atoms. The zero-order valence-electron chi connectivity index (χ0n) is 12.6. The molecule has 0 aliphatic carbocycles. The maximum absolute atomic E-state index is 13.1. The molecule has 2 aromatic carbocycles. The molecule has 1 amide bonds. The van der Waals surface area contributed by atoms with Crippen molar-refractivity contribution >= 4 is 46.5 Å². The maximum atomic E-state index is 13.1. The lowest BCUT2D eigenvalue weighted by atomic mass is 10.2. The van der Waals surface area contributed by atoms with Crippen LogP contribution in [0.4, 0.5) is 10.2 Å². The van der Waals surface area contributed by atoms with Gasteiger partial charge in [0, 0.05) is 17.3 Å². The van der Waals surface area contributed by atoms with Crippen molar-refractivity contribution in [1.29, 1.82) is 0 Å². The van der Waals surface area contributed by atoms with E-state index in [0.717, 1.165) is 0 Å². The van der Waals surface area contributed by atoms with Crippen molar-refractivity contribution in [3.05, 3.63) is 80.7 Å². The summed E-state index contributed by atoms with van der Waals surface area (Å²) in [5.41, 5.74) is 0.965. The van der Waals surface area contributed by atoms with Gasteiger partial charge in [0.15, 0.2) is 5.82 Å². The van der Waals surface area contributed by atoms with Gasteiger partial charge in [0.2, 0.25) is 0 Å². The van der Waals surface area contributed by atoms with Crippen molar-refractivity contribution in [3.63, 3.8) is 0 Å². The molecule has 1 aromatic heterocycles. The van der Waals surface area contributed by atoms with Crippen LogP contribution in [-0.4, -0.2) is 15.7 Å². The first-order valence-corrected chi connectivity index (χ1v) is 8.30. The molecule has 0 aliphatic heterocycles. The minimum atomic E-state index is -0.419. The van der Waals surface area contributed by atoms with Gasteiger partial charge in [-0.25, -0.2) is 4.39 Å². The Morgan fingerprint density at radius 1 is 1.12 bits per heavy atom. The van der Waals surface area contributed by atoms with Gasteiger partial charge in [-0.15, -0.1) is 0 Å². The molecule has 4 nitrogen and oxygen atoms in total. The molecular formula is C17H11Cl3FN3O.